The van der Waals surface area contributed by atoms with Gasteiger partial charge >= 0.3 is 0 Å². The van der Waals surface area contributed by atoms with Crippen LogP contribution in [0.15, 0.2) is 0 Å². The Morgan fingerprint density at radius 1 is 1.38 bits per heavy atom. The molecule has 0 aromatic heterocycles. The second-order valence-corrected chi connectivity index (χ2v) is 4.96. The standard InChI is InChI=1S/C13H27NO2/c1-4-15-8-9-16-13(11-14-3)7-5-6-12(2)10-13/h12,14H,4-11H2,1-3H3. The maximum absolute atomic E-state index is 6.10. The molecule has 1 aliphatic rings. The van der Waals surface area contributed by atoms with Gasteiger partial charge in [-0.05, 0) is 32.7 Å². The average molecular weight is 229 g/mol. The molecule has 0 heterocycles. The Morgan fingerprint density at radius 3 is 2.81 bits per heavy atom. The van der Waals surface area contributed by atoms with E-state index in [0.717, 1.165) is 32.3 Å². The lowest BCUT2D eigenvalue weighted by molar-refractivity contribution is -0.0936. The van der Waals surface area contributed by atoms with Gasteiger partial charge in [0.1, 0.15) is 0 Å². The Kier molecular flexibility index (Phi) is 6.32. The van der Waals surface area contributed by atoms with Crippen LogP contribution in [0.2, 0.25) is 0 Å². The molecular formula is C13H27NO2. The second-order valence-electron chi connectivity index (χ2n) is 4.96. The number of hydrogen-bond donors (Lipinski definition) is 1. The molecule has 0 aliphatic heterocycles. The normalized spacial score (nSPS) is 30.6. The van der Waals surface area contributed by atoms with Crippen LogP contribution in [0.25, 0.3) is 0 Å². The number of rotatable bonds is 7. The highest BCUT2D eigenvalue weighted by atomic mass is 16.5. The van der Waals surface area contributed by atoms with Crippen molar-refractivity contribution in [3.8, 4) is 0 Å². The van der Waals surface area contributed by atoms with Crippen LogP contribution in [0.5, 0.6) is 0 Å². The van der Waals surface area contributed by atoms with Gasteiger partial charge in [0.2, 0.25) is 0 Å². The molecule has 2 unspecified atom stereocenters. The summed E-state index contributed by atoms with van der Waals surface area (Å²) in [4.78, 5) is 0. The van der Waals surface area contributed by atoms with Gasteiger partial charge in [-0.15, -0.1) is 0 Å². The van der Waals surface area contributed by atoms with E-state index in [1.807, 2.05) is 14.0 Å². The van der Waals surface area contributed by atoms with Gasteiger partial charge in [0.05, 0.1) is 18.8 Å². The monoisotopic (exact) mass is 229 g/mol. The highest BCUT2D eigenvalue weighted by Crippen LogP contribution is 2.34. The molecule has 16 heavy (non-hydrogen) atoms. The van der Waals surface area contributed by atoms with Crippen LogP contribution >= 0.6 is 0 Å². The summed E-state index contributed by atoms with van der Waals surface area (Å²) in [6.07, 6.45) is 5.00. The first-order chi connectivity index (χ1) is 7.72. The van der Waals surface area contributed by atoms with Gasteiger partial charge in [-0.25, -0.2) is 0 Å². The van der Waals surface area contributed by atoms with Crippen LogP contribution in [0, 0.1) is 5.92 Å². The maximum Gasteiger partial charge on any atom is 0.0809 e. The predicted octanol–water partition coefficient (Wildman–Crippen LogP) is 2.21. The summed E-state index contributed by atoms with van der Waals surface area (Å²) in [7, 11) is 2.01. The van der Waals surface area contributed by atoms with Gasteiger partial charge in [-0.1, -0.05) is 19.8 Å². The zero-order valence-electron chi connectivity index (χ0n) is 11.1. The third-order valence-electron chi connectivity index (χ3n) is 3.39. The molecule has 1 saturated carbocycles. The zero-order chi connectivity index (χ0) is 11.9. The Bertz CT molecular complexity index is 183. The largest absolute Gasteiger partial charge is 0.379 e. The van der Waals surface area contributed by atoms with Crippen molar-refractivity contribution < 1.29 is 9.47 Å². The van der Waals surface area contributed by atoms with E-state index in [9.17, 15) is 0 Å². The van der Waals surface area contributed by atoms with Crippen LogP contribution in [0.1, 0.15) is 39.5 Å². The van der Waals surface area contributed by atoms with E-state index >= 15 is 0 Å². The molecule has 3 nitrogen and oxygen atoms in total. The fourth-order valence-electron chi connectivity index (χ4n) is 2.74. The molecule has 1 N–H and O–H groups in total. The first kappa shape index (κ1) is 13.9. The van der Waals surface area contributed by atoms with E-state index in [1.54, 1.807) is 0 Å². The van der Waals surface area contributed by atoms with Gasteiger partial charge in [0.15, 0.2) is 0 Å². The zero-order valence-corrected chi connectivity index (χ0v) is 11.1. The van der Waals surface area contributed by atoms with Crippen molar-refractivity contribution in [1.29, 1.82) is 0 Å². The highest BCUT2D eigenvalue weighted by molar-refractivity contribution is 4.88. The maximum atomic E-state index is 6.10. The summed E-state index contributed by atoms with van der Waals surface area (Å²) in [6.45, 7) is 7.53. The van der Waals surface area contributed by atoms with E-state index in [1.165, 1.54) is 25.7 Å². The molecule has 0 radical (unpaired) electrons. The lowest BCUT2D eigenvalue weighted by Gasteiger charge is -2.40. The van der Waals surface area contributed by atoms with Crippen molar-refractivity contribution in [2.75, 3.05) is 33.4 Å². The third-order valence-corrected chi connectivity index (χ3v) is 3.39. The second kappa shape index (κ2) is 7.25. The van der Waals surface area contributed by atoms with Crippen molar-refractivity contribution in [3.63, 3.8) is 0 Å². The van der Waals surface area contributed by atoms with Crippen LogP contribution in [0.4, 0.5) is 0 Å². The minimum absolute atomic E-state index is 0.0590. The van der Waals surface area contributed by atoms with Crippen molar-refractivity contribution in [2.24, 2.45) is 5.92 Å². The number of likely N-dealkylation sites (N-methyl/N-ethyl adjacent to an activating group) is 1. The van der Waals surface area contributed by atoms with Gasteiger partial charge in [-0.2, -0.15) is 0 Å². The molecule has 1 aliphatic carbocycles. The Balaban J connectivity index is 2.38. The molecule has 96 valence electrons. The SMILES string of the molecule is CCOCCOC1(CNC)CCCC(C)C1. The third kappa shape index (κ3) is 4.40. The Labute approximate surface area is 99.9 Å². The minimum Gasteiger partial charge on any atom is -0.379 e. The fraction of sp³-hybridized carbons (Fsp3) is 1.00. The van der Waals surface area contributed by atoms with E-state index < -0.39 is 0 Å². The summed E-state index contributed by atoms with van der Waals surface area (Å²) in [6, 6.07) is 0. The van der Waals surface area contributed by atoms with Crippen molar-refractivity contribution in [2.45, 2.75) is 45.1 Å². The molecular weight excluding hydrogens is 202 g/mol. The number of nitrogens with one attached hydrogen (secondary N) is 1. The van der Waals surface area contributed by atoms with Crippen LogP contribution in [0.3, 0.4) is 0 Å². The molecule has 1 fully saturated rings. The lowest BCUT2D eigenvalue weighted by atomic mass is 9.78. The van der Waals surface area contributed by atoms with Gasteiger partial charge in [-0.3, -0.25) is 0 Å². The van der Waals surface area contributed by atoms with E-state index in [2.05, 4.69) is 12.2 Å². The van der Waals surface area contributed by atoms with Crippen molar-refractivity contribution in [1.82, 2.24) is 5.32 Å². The van der Waals surface area contributed by atoms with Crippen LogP contribution < -0.4 is 5.32 Å². The summed E-state index contributed by atoms with van der Waals surface area (Å²) in [5, 5.41) is 3.27. The van der Waals surface area contributed by atoms with Crippen molar-refractivity contribution in [3.05, 3.63) is 0 Å². The summed E-state index contributed by atoms with van der Waals surface area (Å²) < 4.78 is 11.4. The Hall–Kier alpha value is -0.120. The molecule has 2 atom stereocenters. The molecule has 3 heteroatoms. The minimum atomic E-state index is 0.0590. The molecule has 0 bridgehead atoms. The number of ether oxygens (including phenoxy) is 2. The molecule has 0 spiro atoms. The highest BCUT2D eigenvalue weighted by Gasteiger charge is 2.35. The van der Waals surface area contributed by atoms with Gasteiger partial charge in [0, 0.05) is 13.2 Å². The predicted molar refractivity (Wildman–Crippen MR) is 66.7 cm³/mol. The molecule has 1 rings (SSSR count). The van der Waals surface area contributed by atoms with Crippen molar-refractivity contribution >= 4 is 0 Å². The van der Waals surface area contributed by atoms with E-state index in [-0.39, 0.29) is 5.60 Å². The molecule has 0 aromatic carbocycles. The molecule has 0 saturated heterocycles. The lowest BCUT2D eigenvalue weighted by Crippen LogP contribution is -2.46. The average Bonchev–Trinajstić information content (AvgIpc) is 2.25. The first-order valence-electron chi connectivity index (χ1n) is 6.59. The Morgan fingerprint density at radius 2 is 2.19 bits per heavy atom. The summed E-state index contributed by atoms with van der Waals surface area (Å²) in [5.74, 6) is 0.786. The molecule has 0 amide bonds. The van der Waals surface area contributed by atoms with E-state index in [4.69, 9.17) is 9.47 Å². The van der Waals surface area contributed by atoms with Gasteiger partial charge in [0.25, 0.3) is 0 Å². The van der Waals surface area contributed by atoms with Crippen LogP contribution in [-0.2, 0) is 9.47 Å². The summed E-state index contributed by atoms with van der Waals surface area (Å²) in [5.41, 5.74) is 0.0590. The number of hydrogen-bond acceptors (Lipinski definition) is 3. The summed E-state index contributed by atoms with van der Waals surface area (Å²) >= 11 is 0. The quantitative estimate of drug-likeness (QED) is 0.679. The topological polar surface area (TPSA) is 30.5 Å². The first-order valence-corrected chi connectivity index (χ1v) is 6.59. The van der Waals surface area contributed by atoms with E-state index in [0.29, 0.717) is 0 Å². The van der Waals surface area contributed by atoms with Crippen LogP contribution in [-0.4, -0.2) is 39.0 Å². The van der Waals surface area contributed by atoms with Gasteiger partial charge < -0.3 is 14.8 Å². The fourth-order valence-corrected chi connectivity index (χ4v) is 2.74. The molecule has 0 aromatic rings. The smallest absolute Gasteiger partial charge is 0.0809 e.